The molecule has 0 radical (unpaired) electrons. The van der Waals surface area contributed by atoms with Gasteiger partial charge in [-0.15, -0.1) is 0 Å². The highest BCUT2D eigenvalue weighted by Gasteiger charge is 2.10. The number of hydrogen-bond donors (Lipinski definition) is 1. The van der Waals surface area contributed by atoms with Gasteiger partial charge in [-0.2, -0.15) is 0 Å². The van der Waals surface area contributed by atoms with Crippen LogP contribution in [0, 0.1) is 6.92 Å². The number of nitrogen functional groups attached to an aromatic ring is 1. The summed E-state index contributed by atoms with van der Waals surface area (Å²) in [5, 5.41) is 0.957. The van der Waals surface area contributed by atoms with Crippen molar-refractivity contribution in [3.05, 3.63) is 71.4 Å². The fourth-order valence-electron chi connectivity index (χ4n) is 2.17. The lowest BCUT2D eigenvalue weighted by molar-refractivity contribution is 0.103. The molecule has 0 saturated heterocycles. The maximum atomic E-state index is 12.5. The highest BCUT2D eigenvalue weighted by atomic mass is 16.1. The van der Waals surface area contributed by atoms with E-state index in [2.05, 4.69) is 4.98 Å². The first-order valence-electron chi connectivity index (χ1n) is 6.41. The standard InChI is InChI=1S/C17H14N2O/c1-11-4-5-14(10-15(11)18)17(20)13-6-7-16-12(9-13)3-2-8-19-16/h2-10H,18H2,1H3. The van der Waals surface area contributed by atoms with Crippen LogP contribution in [0.25, 0.3) is 10.9 Å². The maximum Gasteiger partial charge on any atom is 0.193 e. The third-order valence-electron chi connectivity index (χ3n) is 3.41. The van der Waals surface area contributed by atoms with Crippen LogP contribution in [0.5, 0.6) is 0 Å². The molecule has 0 unspecified atom stereocenters. The van der Waals surface area contributed by atoms with E-state index >= 15 is 0 Å². The van der Waals surface area contributed by atoms with Crippen LogP contribution in [-0.4, -0.2) is 10.8 Å². The van der Waals surface area contributed by atoms with Gasteiger partial charge in [-0.25, -0.2) is 0 Å². The van der Waals surface area contributed by atoms with Crippen molar-refractivity contribution in [1.29, 1.82) is 0 Å². The zero-order valence-electron chi connectivity index (χ0n) is 11.1. The summed E-state index contributed by atoms with van der Waals surface area (Å²) in [5.74, 6) is -0.0255. The minimum absolute atomic E-state index is 0.0255. The fraction of sp³-hybridized carbons (Fsp3) is 0.0588. The number of benzene rings is 2. The zero-order chi connectivity index (χ0) is 14.1. The van der Waals surface area contributed by atoms with Gasteiger partial charge in [0, 0.05) is 28.4 Å². The maximum absolute atomic E-state index is 12.5. The van der Waals surface area contributed by atoms with Crippen LogP contribution in [0.15, 0.2) is 54.7 Å². The van der Waals surface area contributed by atoms with E-state index < -0.39 is 0 Å². The summed E-state index contributed by atoms with van der Waals surface area (Å²) in [4.78, 5) is 16.7. The molecule has 2 N–H and O–H groups in total. The first-order valence-corrected chi connectivity index (χ1v) is 6.41. The minimum Gasteiger partial charge on any atom is -0.398 e. The second-order valence-electron chi connectivity index (χ2n) is 4.81. The molecule has 3 nitrogen and oxygen atoms in total. The Balaban J connectivity index is 2.05. The van der Waals surface area contributed by atoms with E-state index in [1.54, 1.807) is 18.3 Å². The first kappa shape index (κ1) is 12.4. The lowest BCUT2D eigenvalue weighted by Gasteiger charge is -2.05. The molecule has 3 rings (SSSR count). The summed E-state index contributed by atoms with van der Waals surface area (Å²) >= 11 is 0. The van der Waals surface area contributed by atoms with E-state index in [0.717, 1.165) is 16.5 Å². The van der Waals surface area contributed by atoms with Crippen molar-refractivity contribution in [3.63, 3.8) is 0 Å². The third-order valence-corrected chi connectivity index (χ3v) is 3.41. The summed E-state index contributed by atoms with van der Waals surface area (Å²) in [7, 11) is 0. The van der Waals surface area contributed by atoms with Crippen LogP contribution in [0.1, 0.15) is 21.5 Å². The molecular weight excluding hydrogens is 248 g/mol. The first-order chi connectivity index (χ1) is 9.65. The van der Waals surface area contributed by atoms with Crippen molar-refractivity contribution < 1.29 is 4.79 Å². The Kier molecular flexibility index (Phi) is 2.95. The molecule has 0 bridgehead atoms. The Morgan fingerprint density at radius 2 is 1.80 bits per heavy atom. The van der Waals surface area contributed by atoms with Crippen molar-refractivity contribution in [1.82, 2.24) is 4.98 Å². The molecule has 0 atom stereocenters. The monoisotopic (exact) mass is 262 g/mol. The van der Waals surface area contributed by atoms with Crippen LogP contribution >= 0.6 is 0 Å². The normalized spacial score (nSPS) is 10.7. The third kappa shape index (κ3) is 2.14. The molecule has 1 aromatic heterocycles. The van der Waals surface area contributed by atoms with Gasteiger partial charge >= 0.3 is 0 Å². The molecule has 20 heavy (non-hydrogen) atoms. The predicted molar refractivity (Wildman–Crippen MR) is 80.8 cm³/mol. The molecule has 3 aromatic rings. The van der Waals surface area contributed by atoms with Crippen LogP contribution in [-0.2, 0) is 0 Å². The second kappa shape index (κ2) is 4.78. The van der Waals surface area contributed by atoms with Gasteiger partial charge < -0.3 is 5.73 Å². The van der Waals surface area contributed by atoms with Gasteiger partial charge in [-0.05, 0) is 42.8 Å². The van der Waals surface area contributed by atoms with Crippen molar-refractivity contribution in [3.8, 4) is 0 Å². The van der Waals surface area contributed by atoms with Crippen molar-refractivity contribution >= 4 is 22.4 Å². The van der Waals surface area contributed by atoms with E-state index in [-0.39, 0.29) is 5.78 Å². The summed E-state index contributed by atoms with van der Waals surface area (Å²) in [6, 6.07) is 14.7. The smallest absolute Gasteiger partial charge is 0.193 e. The van der Waals surface area contributed by atoms with Gasteiger partial charge in [-0.1, -0.05) is 18.2 Å². The molecule has 98 valence electrons. The van der Waals surface area contributed by atoms with Crippen molar-refractivity contribution in [2.24, 2.45) is 0 Å². The molecule has 3 heteroatoms. The van der Waals surface area contributed by atoms with Crippen LogP contribution in [0.2, 0.25) is 0 Å². The van der Waals surface area contributed by atoms with Gasteiger partial charge in [0.15, 0.2) is 5.78 Å². The predicted octanol–water partition coefficient (Wildman–Crippen LogP) is 3.36. The number of nitrogens with zero attached hydrogens (tertiary/aromatic N) is 1. The molecule has 0 amide bonds. The topological polar surface area (TPSA) is 56.0 Å². The number of aryl methyl sites for hydroxylation is 1. The highest BCUT2D eigenvalue weighted by Crippen LogP contribution is 2.19. The minimum atomic E-state index is -0.0255. The molecule has 0 fully saturated rings. The number of hydrogen-bond acceptors (Lipinski definition) is 3. The van der Waals surface area contributed by atoms with Crippen LogP contribution in [0.4, 0.5) is 5.69 Å². The number of ketones is 1. The number of fused-ring (bicyclic) bond motifs is 1. The Labute approximate surface area is 117 Å². The van der Waals surface area contributed by atoms with Gasteiger partial charge in [-0.3, -0.25) is 9.78 Å². The number of nitrogens with two attached hydrogens (primary N) is 1. The van der Waals surface area contributed by atoms with Crippen LogP contribution < -0.4 is 5.73 Å². The van der Waals surface area contributed by atoms with Gasteiger partial charge in [0.2, 0.25) is 0 Å². The van der Waals surface area contributed by atoms with E-state index in [0.29, 0.717) is 16.8 Å². The number of rotatable bonds is 2. The van der Waals surface area contributed by atoms with Crippen molar-refractivity contribution in [2.75, 3.05) is 5.73 Å². The lowest BCUT2D eigenvalue weighted by atomic mass is 10.00. The van der Waals surface area contributed by atoms with E-state index in [1.165, 1.54) is 0 Å². The van der Waals surface area contributed by atoms with E-state index in [4.69, 9.17) is 5.73 Å². The number of carbonyl (C=O) groups excluding carboxylic acids is 1. The molecule has 0 aliphatic heterocycles. The number of anilines is 1. The van der Waals surface area contributed by atoms with Gasteiger partial charge in [0.1, 0.15) is 0 Å². The molecule has 1 heterocycles. The van der Waals surface area contributed by atoms with E-state index in [9.17, 15) is 4.79 Å². The van der Waals surface area contributed by atoms with Crippen molar-refractivity contribution in [2.45, 2.75) is 6.92 Å². The summed E-state index contributed by atoms with van der Waals surface area (Å²) < 4.78 is 0. The molecule has 2 aromatic carbocycles. The van der Waals surface area contributed by atoms with Gasteiger partial charge in [0.25, 0.3) is 0 Å². The van der Waals surface area contributed by atoms with E-state index in [1.807, 2.05) is 43.3 Å². The highest BCUT2D eigenvalue weighted by molar-refractivity contribution is 6.10. The Hall–Kier alpha value is -2.68. The molecule has 0 aliphatic carbocycles. The largest absolute Gasteiger partial charge is 0.398 e. The average Bonchev–Trinajstić information content (AvgIpc) is 2.49. The SMILES string of the molecule is Cc1ccc(C(=O)c2ccc3ncccc3c2)cc1N. The second-order valence-corrected chi connectivity index (χ2v) is 4.81. The summed E-state index contributed by atoms with van der Waals surface area (Å²) in [6.45, 7) is 1.92. The Bertz CT molecular complexity index is 809. The Morgan fingerprint density at radius 1 is 1.05 bits per heavy atom. The van der Waals surface area contributed by atoms with Gasteiger partial charge in [0.05, 0.1) is 5.52 Å². The molecule has 0 saturated carbocycles. The Morgan fingerprint density at radius 3 is 2.60 bits per heavy atom. The lowest BCUT2D eigenvalue weighted by Crippen LogP contribution is -2.03. The zero-order valence-corrected chi connectivity index (χ0v) is 11.1. The van der Waals surface area contributed by atoms with Crippen LogP contribution in [0.3, 0.4) is 0 Å². The fourth-order valence-corrected chi connectivity index (χ4v) is 2.17. The molecule has 0 spiro atoms. The molecular formula is C17H14N2O. The average molecular weight is 262 g/mol. The quantitative estimate of drug-likeness (QED) is 0.569. The summed E-state index contributed by atoms with van der Waals surface area (Å²) in [5.41, 5.74) is 9.61. The number of pyridine rings is 1. The molecule has 0 aliphatic rings. The number of carbonyl (C=O) groups is 1. The number of aromatic nitrogens is 1. The summed E-state index contributed by atoms with van der Waals surface area (Å²) in [6.07, 6.45) is 1.74.